The number of rotatable bonds is 3. The number of dihydropyridines is 1. The van der Waals surface area contributed by atoms with Crippen LogP contribution in [-0.2, 0) is 9.57 Å². The molecule has 2 aliphatic rings. The molecule has 2 atom stereocenters. The van der Waals surface area contributed by atoms with Crippen molar-refractivity contribution in [3.63, 3.8) is 0 Å². The van der Waals surface area contributed by atoms with Crippen LogP contribution in [0.2, 0.25) is 0 Å². The first-order valence-corrected chi connectivity index (χ1v) is 8.55. The Balaban J connectivity index is 1.92. The second-order valence-electron chi connectivity index (χ2n) is 6.34. The van der Waals surface area contributed by atoms with Gasteiger partial charge in [0.25, 0.3) is 0 Å². The van der Waals surface area contributed by atoms with E-state index in [0.29, 0.717) is 5.06 Å². The Morgan fingerprint density at radius 1 is 1.34 bits per heavy atom. The van der Waals surface area contributed by atoms with Crippen LogP contribution in [0.15, 0.2) is 60.0 Å². The summed E-state index contributed by atoms with van der Waals surface area (Å²) >= 11 is 0. The number of cyclic esters (lactones) is 1. The molecular formula is C19H16F4N2O4. The molecule has 0 aliphatic carbocycles. The molecular weight excluding hydrogens is 396 g/mol. The van der Waals surface area contributed by atoms with Gasteiger partial charge in [-0.05, 0) is 43.5 Å². The van der Waals surface area contributed by atoms with Gasteiger partial charge in [0.15, 0.2) is 0 Å². The van der Waals surface area contributed by atoms with E-state index in [4.69, 9.17) is 9.57 Å². The fourth-order valence-electron chi connectivity index (χ4n) is 2.72. The molecule has 0 bridgehead atoms. The molecule has 29 heavy (non-hydrogen) atoms. The molecule has 1 aromatic rings. The lowest BCUT2D eigenvalue weighted by Gasteiger charge is -2.28. The SMILES string of the molecule is CC1CC=C(C2C=C(C(F)(F)F)C=CN2)N(OC(=O)c2cccc(F)c2)C(=O)O1. The van der Waals surface area contributed by atoms with Crippen molar-refractivity contribution in [2.75, 3.05) is 0 Å². The van der Waals surface area contributed by atoms with E-state index in [2.05, 4.69) is 5.32 Å². The van der Waals surface area contributed by atoms with E-state index in [1.807, 2.05) is 0 Å². The van der Waals surface area contributed by atoms with Crippen molar-refractivity contribution in [1.29, 1.82) is 0 Å². The largest absolute Gasteiger partial charge is 0.448 e. The van der Waals surface area contributed by atoms with Crippen LogP contribution in [0.5, 0.6) is 0 Å². The van der Waals surface area contributed by atoms with Gasteiger partial charge in [0.1, 0.15) is 11.9 Å². The first-order valence-electron chi connectivity index (χ1n) is 8.55. The molecule has 0 saturated heterocycles. The van der Waals surface area contributed by atoms with Crippen LogP contribution in [0.3, 0.4) is 0 Å². The number of halogens is 4. The fourth-order valence-corrected chi connectivity index (χ4v) is 2.72. The number of benzene rings is 1. The van der Waals surface area contributed by atoms with Gasteiger partial charge in [-0.1, -0.05) is 12.1 Å². The number of alkyl halides is 3. The smallest absolute Gasteiger partial charge is 0.444 e. The molecule has 2 aliphatic heterocycles. The number of carbonyl (C=O) groups is 2. The number of hydrogen-bond donors (Lipinski definition) is 1. The molecule has 10 heteroatoms. The van der Waals surface area contributed by atoms with E-state index in [1.54, 1.807) is 6.92 Å². The summed E-state index contributed by atoms with van der Waals surface area (Å²) in [6.07, 6.45) is -1.86. The normalized spacial score (nSPS) is 22.1. The second kappa shape index (κ2) is 7.98. The van der Waals surface area contributed by atoms with Crippen LogP contribution in [0.4, 0.5) is 22.4 Å². The standard InChI is InChI=1S/C19H16F4N2O4/c1-11-5-6-16(15-10-13(7-8-24-15)19(21,22)23)25(18(27)28-11)29-17(26)12-3-2-4-14(20)9-12/h2-4,6-11,15,24H,5H2,1H3. The van der Waals surface area contributed by atoms with Gasteiger partial charge in [-0.25, -0.2) is 14.0 Å². The van der Waals surface area contributed by atoms with Crippen molar-refractivity contribution in [2.45, 2.75) is 31.7 Å². The maximum atomic E-state index is 13.4. The minimum Gasteiger partial charge on any atom is -0.444 e. The first-order chi connectivity index (χ1) is 13.6. The number of nitrogens with one attached hydrogen (secondary N) is 1. The van der Waals surface area contributed by atoms with E-state index < -0.39 is 41.8 Å². The van der Waals surface area contributed by atoms with Gasteiger partial charge in [-0.15, -0.1) is 5.06 Å². The highest BCUT2D eigenvalue weighted by atomic mass is 19.4. The fraction of sp³-hybridized carbons (Fsp3) is 0.263. The van der Waals surface area contributed by atoms with Crippen LogP contribution >= 0.6 is 0 Å². The minimum absolute atomic E-state index is 0.0600. The third kappa shape index (κ3) is 4.76. The maximum absolute atomic E-state index is 13.4. The average molecular weight is 412 g/mol. The number of amides is 1. The van der Waals surface area contributed by atoms with Gasteiger partial charge in [-0.2, -0.15) is 13.2 Å². The van der Waals surface area contributed by atoms with E-state index in [9.17, 15) is 27.2 Å². The van der Waals surface area contributed by atoms with Crippen LogP contribution < -0.4 is 5.32 Å². The third-order valence-electron chi connectivity index (χ3n) is 4.13. The van der Waals surface area contributed by atoms with E-state index >= 15 is 0 Å². The number of hydrogen-bond acceptors (Lipinski definition) is 5. The molecule has 1 amide bonds. The summed E-state index contributed by atoms with van der Waals surface area (Å²) in [5.41, 5.74) is -1.17. The van der Waals surface area contributed by atoms with Crippen molar-refractivity contribution >= 4 is 12.1 Å². The molecule has 2 heterocycles. The molecule has 0 spiro atoms. The molecule has 1 N–H and O–H groups in total. The van der Waals surface area contributed by atoms with Crippen molar-refractivity contribution in [2.24, 2.45) is 0 Å². The number of hydroxylamine groups is 2. The summed E-state index contributed by atoms with van der Waals surface area (Å²) in [5, 5.41) is 3.16. The molecule has 154 valence electrons. The molecule has 1 aromatic carbocycles. The Bertz CT molecular complexity index is 908. The maximum Gasteiger partial charge on any atom is 0.448 e. The van der Waals surface area contributed by atoms with Gasteiger partial charge in [0.2, 0.25) is 0 Å². The summed E-state index contributed by atoms with van der Waals surface area (Å²) in [6.45, 7) is 1.58. The molecule has 0 fully saturated rings. The average Bonchev–Trinajstić information content (AvgIpc) is 2.79. The van der Waals surface area contributed by atoms with Gasteiger partial charge in [-0.3, -0.25) is 0 Å². The first kappa shape index (κ1) is 20.4. The zero-order chi connectivity index (χ0) is 21.2. The number of carbonyl (C=O) groups excluding carboxylic acids is 2. The summed E-state index contributed by atoms with van der Waals surface area (Å²) in [4.78, 5) is 29.8. The molecule has 3 rings (SSSR count). The Labute approximate surface area is 163 Å². The van der Waals surface area contributed by atoms with Gasteiger partial charge in [0.05, 0.1) is 22.9 Å². The Morgan fingerprint density at radius 2 is 2.10 bits per heavy atom. The van der Waals surface area contributed by atoms with Crippen molar-refractivity contribution in [1.82, 2.24) is 10.4 Å². The van der Waals surface area contributed by atoms with Crippen LogP contribution in [-0.4, -0.2) is 35.4 Å². The van der Waals surface area contributed by atoms with Crippen molar-refractivity contribution in [3.05, 3.63) is 71.3 Å². The Hall–Kier alpha value is -3.30. The van der Waals surface area contributed by atoms with Gasteiger partial charge >= 0.3 is 18.2 Å². The lowest BCUT2D eigenvalue weighted by atomic mass is 10.0. The topological polar surface area (TPSA) is 67.9 Å². The van der Waals surface area contributed by atoms with Crippen LogP contribution in [0, 0.1) is 5.82 Å². The molecule has 0 radical (unpaired) electrons. The molecule has 0 aromatic heterocycles. The van der Waals surface area contributed by atoms with Gasteiger partial charge < -0.3 is 14.9 Å². The zero-order valence-electron chi connectivity index (χ0n) is 15.1. The van der Waals surface area contributed by atoms with E-state index in [0.717, 1.165) is 30.5 Å². The highest BCUT2D eigenvalue weighted by Crippen LogP contribution is 2.31. The summed E-state index contributed by atoms with van der Waals surface area (Å²) < 4.78 is 57.7. The number of nitrogens with zero attached hydrogens (tertiary/aromatic N) is 1. The van der Waals surface area contributed by atoms with Gasteiger partial charge in [0, 0.05) is 6.42 Å². The predicted octanol–water partition coefficient (Wildman–Crippen LogP) is 3.99. The van der Waals surface area contributed by atoms with E-state index in [-0.39, 0.29) is 17.7 Å². The second-order valence-corrected chi connectivity index (χ2v) is 6.34. The summed E-state index contributed by atoms with van der Waals surface area (Å²) in [5.74, 6) is -1.77. The zero-order valence-corrected chi connectivity index (χ0v) is 15.1. The van der Waals surface area contributed by atoms with E-state index in [1.165, 1.54) is 18.2 Å². The Kier molecular flexibility index (Phi) is 5.62. The lowest BCUT2D eigenvalue weighted by molar-refractivity contribution is -0.0895. The highest BCUT2D eigenvalue weighted by Gasteiger charge is 2.37. The molecule has 6 nitrogen and oxygen atoms in total. The lowest BCUT2D eigenvalue weighted by Crippen LogP contribution is -2.41. The monoisotopic (exact) mass is 412 g/mol. The molecule has 2 unspecified atom stereocenters. The number of allylic oxidation sites excluding steroid dienone is 2. The van der Waals surface area contributed by atoms with Crippen molar-refractivity contribution < 1.29 is 36.7 Å². The Morgan fingerprint density at radius 3 is 2.79 bits per heavy atom. The summed E-state index contributed by atoms with van der Waals surface area (Å²) in [6, 6.07) is 3.45. The predicted molar refractivity (Wildman–Crippen MR) is 92.5 cm³/mol. The minimum atomic E-state index is -4.60. The number of ether oxygens (including phenoxy) is 1. The quantitative estimate of drug-likeness (QED) is 0.761. The highest BCUT2D eigenvalue weighted by molar-refractivity contribution is 5.90. The van der Waals surface area contributed by atoms with Crippen LogP contribution in [0.1, 0.15) is 23.7 Å². The summed E-state index contributed by atoms with van der Waals surface area (Å²) in [7, 11) is 0. The third-order valence-corrected chi connectivity index (χ3v) is 4.13. The van der Waals surface area contributed by atoms with Crippen LogP contribution in [0.25, 0.3) is 0 Å². The molecule has 0 saturated carbocycles. The van der Waals surface area contributed by atoms with Crippen molar-refractivity contribution in [3.8, 4) is 0 Å².